The Labute approximate surface area is 82.3 Å². The fourth-order valence-corrected chi connectivity index (χ4v) is 1.77. The molecule has 1 aromatic carbocycles. The number of aryl methyl sites for hydroxylation is 2. The van der Waals surface area contributed by atoms with E-state index in [4.69, 9.17) is 9.84 Å². The SMILES string of the molecule is Cc1ccc(C)c2c1C[C@@H](C(=O)O)O2. The van der Waals surface area contributed by atoms with Gasteiger partial charge in [0, 0.05) is 12.0 Å². The van der Waals surface area contributed by atoms with Crippen LogP contribution in [0.2, 0.25) is 0 Å². The number of hydrogen-bond acceptors (Lipinski definition) is 2. The molecular formula is C11H12O3. The van der Waals surface area contributed by atoms with Crippen LogP contribution >= 0.6 is 0 Å². The second-order valence-electron chi connectivity index (χ2n) is 3.66. The van der Waals surface area contributed by atoms with Gasteiger partial charge in [-0.3, -0.25) is 0 Å². The summed E-state index contributed by atoms with van der Waals surface area (Å²) in [5, 5.41) is 8.84. The molecule has 1 aliphatic heterocycles. The zero-order valence-corrected chi connectivity index (χ0v) is 8.20. The van der Waals surface area contributed by atoms with E-state index in [0.29, 0.717) is 6.42 Å². The Morgan fingerprint density at radius 3 is 2.64 bits per heavy atom. The summed E-state index contributed by atoms with van der Waals surface area (Å²) in [4.78, 5) is 10.8. The lowest BCUT2D eigenvalue weighted by molar-refractivity contribution is -0.144. The van der Waals surface area contributed by atoms with Crippen molar-refractivity contribution in [3.63, 3.8) is 0 Å². The van der Waals surface area contributed by atoms with Crippen LogP contribution in [0.1, 0.15) is 16.7 Å². The van der Waals surface area contributed by atoms with Crippen LogP contribution in [0.5, 0.6) is 5.75 Å². The number of benzene rings is 1. The van der Waals surface area contributed by atoms with Gasteiger partial charge in [-0.15, -0.1) is 0 Å². The lowest BCUT2D eigenvalue weighted by Gasteiger charge is -2.06. The zero-order chi connectivity index (χ0) is 10.3. The van der Waals surface area contributed by atoms with Gasteiger partial charge in [-0.2, -0.15) is 0 Å². The van der Waals surface area contributed by atoms with Crippen molar-refractivity contribution in [2.24, 2.45) is 0 Å². The molecule has 3 heteroatoms. The van der Waals surface area contributed by atoms with E-state index in [0.717, 1.165) is 22.4 Å². The highest BCUT2D eigenvalue weighted by Crippen LogP contribution is 2.34. The van der Waals surface area contributed by atoms with E-state index in [9.17, 15) is 4.79 Å². The number of rotatable bonds is 1. The Kier molecular flexibility index (Phi) is 1.95. The minimum absolute atomic E-state index is 0.484. The van der Waals surface area contributed by atoms with Crippen molar-refractivity contribution >= 4 is 5.97 Å². The molecule has 1 N–H and O–H groups in total. The number of carbonyl (C=O) groups is 1. The minimum Gasteiger partial charge on any atom is -0.478 e. The molecule has 0 amide bonds. The summed E-state index contributed by atoms with van der Waals surface area (Å²) in [5.41, 5.74) is 3.15. The monoisotopic (exact) mass is 192 g/mol. The molecule has 0 fully saturated rings. The van der Waals surface area contributed by atoms with Gasteiger partial charge < -0.3 is 9.84 Å². The summed E-state index contributed by atoms with van der Waals surface area (Å²) in [5.74, 6) is -0.127. The van der Waals surface area contributed by atoms with E-state index < -0.39 is 12.1 Å². The van der Waals surface area contributed by atoms with Crippen LogP contribution in [0.4, 0.5) is 0 Å². The van der Waals surface area contributed by atoms with Crippen molar-refractivity contribution in [2.45, 2.75) is 26.4 Å². The lowest BCUT2D eigenvalue weighted by Crippen LogP contribution is -2.24. The average Bonchev–Trinajstić information content (AvgIpc) is 2.57. The van der Waals surface area contributed by atoms with Gasteiger partial charge in [-0.05, 0) is 25.0 Å². The summed E-state index contributed by atoms with van der Waals surface area (Å²) in [6, 6.07) is 3.96. The summed E-state index contributed by atoms with van der Waals surface area (Å²) in [7, 11) is 0. The molecule has 0 spiro atoms. The van der Waals surface area contributed by atoms with Gasteiger partial charge in [0.05, 0.1) is 0 Å². The maximum Gasteiger partial charge on any atom is 0.345 e. The summed E-state index contributed by atoms with van der Waals surface area (Å²) >= 11 is 0. The van der Waals surface area contributed by atoms with Crippen LogP contribution in [0.15, 0.2) is 12.1 Å². The standard InChI is InChI=1S/C11H12O3/c1-6-3-4-7(2)10-8(6)5-9(14-10)11(12)13/h3-4,9H,5H2,1-2H3,(H,12,13)/t9-/m0/s1. The van der Waals surface area contributed by atoms with E-state index >= 15 is 0 Å². The van der Waals surface area contributed by atoms with Gasteiger partial charge in [0.15, 0.2) is 6.10 Å². The van der Waals surface area contributed by atoms with Crippen LogP contribution in [0.25, 0.3) is 0 Å². The molecule has 0 saturated carbocycles. The van der Waals surface area contributed by atoms with Crippen LogP contribution < -0.4 is 4.74 Å². The molecule has 2 rings (SSSR count). The first-order valence-corrected chi connectivity index (χ1v) is 4.58. The number of ether oxygens (including phenoxy) is 1. The third-order valence-electron chi connectivity index (χ3n) is 2.62. The fraction of sp³-hybridized carbons (Fsp3) is 0.364. The normalized spacial score (nSPS) is 18.9. The third kappa shape index (κ3) is 1.25. The van der Waals surface area contributed by atoms with E-state index in [2.05, 4.69) is 0 Å². The van der Waals surface area contributed by atoms with Crippen LogP contribution in [-0.2, 0) is 11.2 Å². The molecule has 1 aromatic rings. The molecule has 0 saturated heterocycles. The van der Waals surface area contributed by atoms with Crippen LogP contribution in [0, 0.1) is 13.8 Å². The van der Waals surface area contributed by atoms with Crippen molar-refractivity contribution in [2.75, 3.05) is 0 Å². The quantitative estimate of drug-likeness (QED) is 0.736. The third-order valence-corrected chi connectivity index (χ3v) is 2.62. The van der Waals surface area contributed by atoms with Gasteiger partial charge in [0.2, 0.25) is 0 Å². The van der Waals surface area contributed by atoms with Gasteiger partial charge in [0.1, 0.15) is 5.75 Å². The molecule has 0 bridgehead atoms. The van der Waals surface area contributed by atoms with Crippen LogP contribution in [-0.4, -0.2) is 17.2 Å². The number of carboxylic acid groups (broad SMARTS) is 1. The maximum absolute atomic E-state index is 10.8. The van der Waals surface area contributed by atoms with Crippen molar-refractivity contribution in [1.82, 2.24) is 0 Å². The van der Waals surface area contributed by atoms with Gasteiger partial charge in [0.25, 0.3) is 0 Å². The largest absolute Gasteiger partial charge is 0.478 e. The Morgan fingerprint density at radius 1 is 1.43 bits per heavy atom. The molecule has 3 nitrogen and oxygen atoms in total. The molecule has 74 valence electrons. The Balaban J connectivity index is 2.43. The second kappa shape index (κ2) is 3.01. The van der Waals surface area contributed by atoms with E-state index in [1.54, 1.807) is 0 Å². The maximum atomic E-state index is 10.8. The fourth-order valence-electron chi connectivity index (χ4n) is 1.77. The lowest BCUT2D eigenvalue weighted by atomic mass is 10.0. The van der Waals surface area contributed by atoms with E-state index in [1.165, 1.54) is 0 Å². The van der Waals surface area contributed by atoms with Crippen molar-refractivity contribution in [1.29, 1.82) is 0 Å². The van der Waals surface area contributed by atoms with Crippen molar-refractivity contribution < 1.29 is 14.6 Å². The smallest absolute Gasteiger partial charge is 0.345 e. The first-order chi connectivity index (χ1) is 6.59. The number of aliphatic carboxylic acids is 1. The Morgan fingerprint density at radius 2 is 2.07 bits per heavy atom. The highest BCUT2D eigenvalue weighted by atomic mass is 16.5. The molecule has 0 unspecified atom stereocenters. The summed E-state index contributed by atoms with van der Waals surface area (Å²) in [6.45, 7) is 3.91. The summed E-state index contributed by atoms with van der Waals surface area (Å²) in [6.07, 6.45) is -0.220. The number of hydrogen-bond donors (Lipinski definition) is 1. The molecular weight excluding hydrogens is 180 g/mol. The van der Waals surface area contributed by atoms with Gasteiger partial charge >= 0.3 is 5.97 Å². The molecule has 0 aromatic heterocycles. The predicted molar refractivity (Wildman–Crippen MR) is 51.7 cm³/mol. The predicted octanol–water partition coefficient (Wildman–Crippen LogP) is 1.69. The van der Waals surface area contributed by atoms with Gasteiger partial charge in [-0.25, -0.2) is 4.79 Å². The Bertz CT molecular complexity index is 365. The highest BCUT2D eigenvalue weighted by Gasteiger charge is 2.30. The topological polar surface area (TPSA) is 46.5 Å². The number of fused-ring (bicyclic) bond motifs is 1. The molecule has 0 radical (unpaired) electrons. The van der Waals surface area contributed by atoms with E-state index in [1.807, 2.05) is 26.0 Å². The van der Waals surface area contributed by atoms with E-state index in [-0.39, 0.29) is 0 Å². The molecule has 1 heterocycles. The molecule has 1 aliphatic rings. The van der Waals surface area contributed by atoms with Crippen LogP contribution in [0.3, 0.4) is 0 Å². The highest BCUT2D eigenvalue weighted by molar-refractivity contribution is 5.75. The van der Waals surface area contributed by atoms with Crippen molar-refractivity contribution in [3.8, 4) is 5.75 Å². The molecule has 14 heavy (non-hydrogen) atoms. The molecule has 0 aliphatic carbocycles. The first kappa shape index (κ1) is 9.06. The number of carboxylic acids is 1. The first-order valence-electron chi connectivity index (χ1n) is 4.58. The van der Waals surface area contributed by atoms with Crippen molar-refractivity contribution in [3.05, 3.63) is 28.8 Å². The minimum atomic E-state index is -0.889. The van der Waals surface area contributed by atoms with Gasteiger partial charge in [-0.1, -0.05) is 12.1 Å². The second-order valence-corrected chi connectivity index (χ2v) is 3.66. The average molecular weight is 192 g/mol. The summed E-state index contributed by atoms with van der Waals surface area (Å²) < 4.78 is 5.38. The molecule has 1 atom stereocenters. The Hall–Kier alpha value is -1.51. The zero-order valence-electron chi connectivity index (χ0n) is 8.20.